The molecule has 0 radical (unpaired) electrons. The maximum atomic E-state index is 6.47. The molecule has 0 fully saturated rings. The number of rotatable bonds is 4. The Hall–Kier alpha value is -5.39. The maximum Gasteiger partial charge on any atom is 0.134 e. The molecule has 0 spiro atoms. The van der Waals surface area contributed by atoms with E-state index in [-0.39, 0.29) is 18.2 Å². The number of hydrogen-bond donors (Lipinski definition) is 1. The largest absolute Gasteiger partial charge is 0.460 e. The molecule has 46 heavy (non-hydrogen) atoms. The van der Waals surface area contributed by atoms with Crippen molar-refractivity contribution in [2.24, 2.45) is 4.99 Å². The SMILES string of the molecule is CC1Cc2c(c3ccccc3n2-c2ccc(C3NC(c4ccccc4)=NC(c4ccccc4)N3C)cc2)-c2c1oc1ccccc21. The zero-order valence-corrected chi connectivity index (χ0v) is 25.9. The van der Waals surface area contributed by atoms with E-state index in [2.05, 4.69) is 156 Å². The lowest BCUT2D eigenvalue weighted by molar-refractivity contribution is 0.152. The normalized spacial score (nSPS) is 19.4. The van der Waals surface area contributed by atoms with Crippen LogP contribution in [0.25, 0.3) is 38.7 Å². The van der Waals surface area contributed by atoms with Crippen LogP contribution < -0.4 is 5.32 Å². The third-order valence-electron chi connectivity index (χ3n) is 9.72. The number of furan rings is 1. The molecule has 0 saturated heterocycles. The molecule has 3 heterocycles. The predicted molar refractivity (Wildman–Crippen MR) is 186 cm³/mol. The van der Waals surface area contributed by atoms with Gasteiger partial charge >= 0.3 is 0 Å². The Balaban J connectivity index is 1.15. The van der Waals surface area contributed by atoms with Gasteiger partial charge in [0.1, 0.15) is 29.5 Å². The molecule has 1 aliphatic heterocycles. The number of amidine groups is 1. The maximum absolute atomic E-state index is 6.47. The third kappa shape index (κ3) is 4.16. The second-order valence-corrected chi connectivity index (χ2v) is 12.5. The summed E-state index contributed by atoms with van der Waals surface area (Å²) in [6.45, 7) is 2.29. The molecule has 1 N–H and O–H groups in total. The van der Waals surface area contributed by atoms with Gasteiger partial charge in [0, 0.05) is 44.8 Å². The molecule has 5 aromatic carbocycles. The molecule has 3 atom stereocenters. The van der Waals surface area contributed by atoms with Crippen LogP contribution in [0.5, 0.6) is 0 Å². The summed E-state index contributed by atoms with van der Waals surface area (Å²) in [5.74, 6) is 2.29. The summed E-state index contributed by atoms with van der Waals surface area (Å²) in [5.41, 5.74) is 10.7. The molecule has 2 aliphatic rings. The quantitative estimate of drug-likeness (QED) is 0.220. The number of para-hydroxylation sites is 2. The molecular formula is C41H34N4O. The Bertz CT molecular complexity index is 2250. The van der Waals surface area contributed by atoms with Gasteiger partial charge in [-0.25, -0.2) is 4.99 Å². The molecule has 1 aliphatic carbocycles. The molecule has 3 unspecified atom stereocenters. The molecule has 5 heteroatoms. The van der Waals surface area contributed by atoms with Crippen LogP contribution in [0, 0.1) is 0 Å². The van der Waals surface area contributed by atoms with Gasteiger partial charge < -0.3 is 14.3 Å². The van der Waals surface area contributed by atoms with Gasteiger partial charge in [-0.05, 0) is 48.9 Å². The molecule has 224 valence electrons. The van der Waals surface area contributed by atoms with Crippen LogP contribution in [0.4, 0.5) is 0 Å². The Labute approximate surface area is 268 Å². The second kappa shape index (κ2) is 10.6. The van der Waals surface area contributed by atoms with Gasteiger partial charge in [-0.2, -0.15) is 0 Å². The van der Waals surface area contributed by atoms with Crippen LogP contribution in [0.1, 0.15) is 53.3 Å². The fraction of sp³-hybridized carbons (Fsp3) is 0.146. The van der Waals surface area contributed by atoms with E-state index in [1.54, 1.807) is 0 Å². The van der Waals surface area contributed by atoms with E-state index in [4.69, 9.17) is 9.41 Å². The molecular weight excluding hydrogens is 564 g/mol. The minimum atomic E-state index is -0.108. The fourth-order valence-corrected chi connectivity index (χ4v) is 7.55. The Morgan fingerprint density at radius 2 is 1.37 bits per heavy atom. The first-order chi connectivity index (χ1) is 22.7. The highest BCUT2D eigenvalue weighted by Crippen LogP contribution is 2.50. The van der Waals surface area contributed by atoms with Crippen LogP contribution >= 0.6 is 0 Å². The number of fused-ring (bicyclic) bond motifs is 7. The van der Waals surface area contributed by atoms with Gasteiger partial charge in [-0.1, -0.05) is 116 Å². The Morgan fingerprint density at radius 3 is 2.15 bits per heavy atom. The van der Waals surface area contributed by atoms with Crippen molar-refractivity contribution in [3.63, 3.8) is 0 Å². The number of aliphatic imine (C=N–C) groups is 1. The van der Waals surface area contributed by atoms with Gasteiger partial charge in [0.2, 0.25) is 0 Å². The lowest BCUT2D eigenvalue weighted by Crippen LogP contribution is -2.45. The lowest BCUT2D eigenvalue weighted by Gasteiger charge is -2.39. The number of benzene rings is 5. The molecule has 0 bridgehead atoms. The molecule has 9 rings (SSSR count). The zero-order chi connectivity index (χ0) is 30.8. The van der Waals surface area contributed by atoms with Crippen molar-refractivity contribution in [1.29, 1.82) is 0 Å². The first-order valence-electron chi connectivity index (χ1n) is 16.1. The lowest BCUT2D eigenvalue weighted by atomic mass is 9.85. The van der Waals surface area contributed by atoms with E-state index in [0.29, 0.717) is 0 Å². The average molecular weight is 599 g/mol. The van der Waals surface area contributed by atoms with Crippen LogP contribution in [0.15, 0.2) is 143 Å². The topological polar surface area (TPSA) is 45.7 Å². The van der Waals surface area contributed by atoms with E-state index < -0.39 is 0 Å². The summed E-state index contributed by atoms with van der Waals surface area (Å²) in [7, 11) is 2.15. The highest BCUT2D eigenvalue weighted by atomic mass is 16.3. The number of aromatic nitrogens is 1. The predicted octanol–water partition coefficient (Wildman–Crippen LogP) is 9.38. The highest BCUT2D eigenvalue weighted by molar-refractivity contribution is 6.08. The molecule has 2 aromatic heterocycles. The number of hydrogen-bond acceptors (Lipinski definition) is 4. The smallest absolute Gasteiger partial charge is 0.134 e. The second-order valence-electron chi connectivity index (χ2n) is 12.5. The van der Waals surface area contributed by atoms with Crippen LogP contribution in [-0.2, 0) is 6.42 Å². The van der Waals surface area contributed by atoms with Gasteiger partial charge in [0.05, 0.1) is 5.52 Å². The summed E-state index contributed by atoms with van der Waals surface area (Å²) in [5, 5.41) is 6.22. The molecule has 7 aromatic rings. The van der Waals surface area contributed by atoms with Crippen molar-refractivity contribution in [3.05, 3.63) is 162 Å². The van der Waals surface area contributed by atoms with E-state index in [9.17, 15) is 0 Å². The monoisotopic (exact) mass is 598 g/mol. The highest BCUT2D eigenvalue weighted by Gasteiger charge is 2.34. The van der Waals surface area contributed by atoms with Crippen molar-refractivity contribution < 1.29 is 4.42 Å². The zero-order valence-electron chi connectivity index (χ0n) is 25.9. The van der Waals surface area contributed by atoms with Gasteiger partial charge in [0.15, 0.2) is 0 Å². The summed E-state index contributed by atoms with van der Waals surface area (Å²) in [6.07, 6.45) is 0.756. The number of nitrogens with zero attached hydrogens (tertiary/aromatic N) is 3. The first-order valence-corrected chi connectivity index (χ1v) is 16.1. The summed E-state index contributed by atoms with van der Waals surface area (Å²) in [4.78, 5) is 7.50. The van der Waals surface area contributed by atoms with Crippen molar-refractivity contribution in [1.82, 2.24) is 14.8 Å². The average Bonchev–Trinajstić information content (AvgIpc) is 3.66. The Morgan fingerprint density at radius 1 is 0.696 bits per heavy atom. The van der Waals surface area contributed by atoms with E-state index >= 15 is 0 Å². The van der Waals surface area contributed by atoms with Gasteiger partial charge in [-0.3, -0.25) is 4.90 Å². The third-order valence-corrected chi connectivity index (χ3v) is 9.72. The van der Waals surface area contributed by atoms with Gasteiger partial charge in [0.25, 0.3) is 0 Å². The first kappa shape index (κ1) is 27.0. The van der Waals surface area contributed by atoms with Crippen LogP contribution in [0.3, 0.4) is 0 Å². The van der Waals surface area contributed by atoms with Crippen molar-refractivity contribution >= 4 is 27.7 Å². The van der Waals surface area contributed by atoms with Crippen molar-refractivity contribution in [2.75, 3.05) is 7.05 Å². The Kier molecular flexibility index (Phi) is 6.22. The van der Waals surface area contributed by atoms with E-state index in [0.717, 1.165) is 29.2 Å². The van der Waals surface area contributed by atoms with Crippen molar-refractivity contribution in [3.8, 4) is 16.8 Å². The molecule has 0 saturated carbocycles. The van der Waals surface area contributed by atoms with E-state index in [1.165, 1.54) is 49.9 Å². The van der Waals surface area contributed by atoms with Gasteiger partial charge in [-0.15, -0.1) is 0 Å². The number of nitrogens with one attached hydrogen (secondary N) is 1. The van der Waals surface area contributed by atoms with Crippen LogP contribution in [-0.4, -0.2) is 22.4 Å². The molecule has 5 nitrogen and oxygen atoms in total. The minimum absolute atomic E-state index is 0.0536. The summed E-state index contributed by atoms with van der Waals surface area (Å²) in [6, 6.07) is 47.3. The standard InChI is InChI=1S/C41H34N4O/c1-26-25-34-36(37-32-18-10-12-20-35(32)46-38(26)37)31-17-9-11-19-33(31)45(34)30-23-21-29(22-24-30)41-43-39(27-13-5-3-6-14-27)42-40(44(41)2)28-15-7-4-8-16-28/h3-24,26,40-41H,25H2,1-2H3,(H,42,43). The summed E-state index contributed by atoms with van der Waals surface area (Å²) < 4.78 is 8.94. The molecule has 0 amide bonds. The van der Waals surface area contributed by atoms with Crippen molar-refractivity contribution in [2.45, 2.75) is 31.6 Å². The van der Waals surface area contributed by atoms with Crippen LogP contribution in [0.2, 0.25) is 0 Å². The fourth-order valence-electron chi connectivity index (χ4n) is 7.55. The van der Waals surface area contributed by atoms with E-state index in [1.807, 2.05) is 6.07 Å². The minimum Gasteiger partial charge on any atom is -0.460 e. The summed E-state index contributed by atoms with van der Waals surface area (Å²) >= 11 is 0.